The van der Waals surface area contributed by atoms with Crippen LogP contribution in [0.1, 0.15) is 259 Å². The van der Waals surface area contributed by atoms with E-state index in [1.165, 1.54) is 4.80 Å². The second kappa shape index (κ2) is 36.4. The van der Waals surface area contributed by atoms with E-state index in [1.807, 2.05) is 30.3 Å². The fourth-order valence-electron chi connectivity index (χ4n) is 35.5. The van der Waals surface area contributed by atoms with Crippen LogP contribution in [0.15, 0.2) is 86.0 Å². The molecular formula is C106H138F8N14O8. The summed E-state index contributed by atoms with van der Waals surface area (Å²) in [7, 11) is 0. The van der Waals surface area contributed by atoms with E-state index < -0.39 is 48.1 Å². The standard InChI is InChI=1S/2C27H35F2N3O2.2C26H34F2N4O2/c2*1-26-10-8-18-17-9-11-27(34,25(28)29)13-16(17)4-5-19(18)20(26)6-7-21(26)24(33)15-32-23-3-2-12-30-22(23)14-31-32;1-25-9-6-17-16-7-10-26(34,24(27)28)12-15(16)2-3-18(17)19(25)4-5-20(25)23(33)14-32-22-8-11-29-13-21(22)30-31-32;1-25-9-6-17-16-7-10-26(34,24(27)28)12-15(16)2-3-18(17)19(25)4-5-20(25)23(33)14-32-30-21-8-11-29-13-22(21)31-32/h2*2-3,12,14,16-21,25,34H,4-11,13,15H2,1H3;2*8,11,13,15-20,24,34H,2-7,9-10,12,14H2,1H3/t16-,17+,18-,19-,20+,21+,26+,27-;16-,17+,18-,19-,20+,21-,26+,27-;2*15-,16+,17-,18-,19+,20-,25+,26-/m1111/s1. The van der Waals surface area contributed by atoms with E-state index in [0.717, 1.165) is 200 Å². The van der Waals surface area contributed by atoms with Crippen LogP contribution < -0.4 is 0 Å². The number of Topliss-reactive ketones (excluding diaryl/α,β-unsaturated/α-hetero) is 4. The molecule has 16 fully saturated rings. The molecule has 16 saturated carbocycles. The number of carbonyl (C=O) groups excluding carboxylic acids is 4. The Labute approximate surface area is 790 Å². The van der Waals surface area contributed by atoms with Gasteiger partial charge in [0.15, 0.2) is 23.1 Å². The van der Waals surface area contributed by atoms with Crippen molar-refractivity contribution >= 4 is 67.3 Å². The van der Waals surface area contributed by atoms with E-state index in [2.05, 4.69) is 78.3 Å². The fourth-order valence-corrected chi connectivity index (χ4v) is 35.5. The quantitative estimate of drug-likeness (QED) is 0.0653. The van der Waals surface area contributed by atoms with E-state index in [9.17, 15) is 74.7 Å². The molecule has 8 aromatic rings. The van der Waals surface area contributed by atoms with Gasteiger partial charge in [-0.05, 0) is 408 Å². The van der Waals surface area contributed by atoms with Gasteiger partial charge >= 0.3 is 0 Å². The number of halogens is 8. The number of hydrogen-bond donors (Lipinski definition) is 4. The topological polar surface area (TPSA) is 298 Å². The molecule has 736 valence electrons. The minimum atomic E-state index is -2.65. The van der Waals surface area contributed by atoms with Crippen LogP contribution >= 0.6 is 0 Å². The van der Waals surface area contributed by atoms with Crippen molar-refractivity contribution in [2.45, 2.75) is 333 Å². The van der Waals surface area contributed by atoms with E-state index in [0.29, 0.717) is 132 Å². The third-order valence-electron chi connectivity index (χ3n) is 41.9. The van der Waals surface area contributed by atoms with Crippen LogP contribution in [-0.2, 0) is 45.4 Å². The van der Waals surface area contributed by atoms with Gasteiger partial charge < -0.3 is 20.4 Å². The van der Waals surface area contributed by atoms with Gasteiger partial charge in [0.2, 0.25) is 0 Å². The Bertz CT molecular complexity index is 5270. The molecule has 16 aliphatic carbocycles. The summed E-state index contributed by atoms with van der Waals surface area (Å²) in [6, 6.07) is 11.3. The number of hydrogen-bond acceptors (Lipinski definition) is 18. The van der Waals surface area contributed by atoms with Crippen molar-refractivity contribution in [2.75, 3.05) is 0 Å². The number of pyridine rings is 4. The first kappa shape index (κ1) is 94.5. The molecule has 0 aromatic carbocycles. The van der Waals surface area contributed by atoms with Crippen LogP contribution in [0.2, 0.25) is 0 Å². The summed E-state index contributed by atoms with van der Waals surface area (Å²) in [5, 5.41) is 67.9. The van der Waals surface area contributed by atoms with Gasteiger partial charge in [0, 0.05) is 48.5 Å². The average Bonchev–Trinajstić information content (AvgIpc) is 1.50. The summed E-state index contributed by atoms with van der Waals surface area (Å²) in [6.45, 7) is 10.4. The second-order valence-electron chi connectivity index (χ2n) is 47.5. The van der Waals surface area contributed by atoms with Crippen LogP contribution in [-0.4, -0.2) is 161 Å². The zero-order valence-electron chi connectivity index (χ0n) is 79.2. The van der Waals surface area contributed by atoms with Gasteiger partial charge in [-0.15, -0.1) is 5.10 Å². The van der Waals surface area contributed by atoms with Crippen LogP contribution in [0.25, 0.3) is 44.1 Å². The number of fused-ring (bicyclic) bond motifs is 24. The van der Waals surface area contributed by atoms with E-state index >= 15 is 0 Å². The molecule has 24 rings (SSSR count). The lowest BCUT2D eigenvalue weighted by Gasteiger charge is -2.57. The monoisotopic (exact) mass is 1890 g/mol. The minimum Gasteiger partial charge on any atom is -0.384 e. The van der Waals surface area contributed by atoms with Crippen molar-refractivity contribution in [3.63, 3.8) is 0 Å². The number of nitrogens with zero attached hydrogens (tertiary/aromatic N) is 14. The maximum Gasteiger partial charge on any atom is 0.266 e. The summed E-state index contributed by atoms with van der Waals surface area (Å²) in [4.78, 5) is 72.5. The normalized spacial score (nSPS) is 41.8. The lowest BCUT2D eigenvalue weighted by molar-refractivity contribution is -0.160. The molecule has 0 spiro atoms. The SMILES string of the molecule is C[C@]12CC[C@H]3[C@@H](CC[C@@H]4C[C@@](O)(C(F)F)CC[C@@H]43)[C@@H]1CC[C@@H]2C(=O)Cn1nc2ccncc2n1.C[C@]12CC[C@H]3[C@@H](CC[C@@H]4C[C@@](O)(C(F)F)CC[C@@H]43)[C@@H]1CC[C@@H]2C(=O)Cn1ncc2ncccc21.C[C@]12CC[C@H]3[C@@H](CC[C@@H]4C[C@@](O)(C(F)F)CC[C@@H]43)[C@@H]1CC[C@@H]2C(=O)Cn1nnc2cnccc21.C[C@]12CC[C@H]3[C@@H](CC[C@@H]4C[C@@](O)(C(F)F)CC[C@@H]43)[C@@H]1CC[C@H]2C(=O)Cn1ncc2ncccc21. The van der Waals surface area contributed by atoms with Gasteiger partial charge in [0.25, 0.3) is 25.7 Å². The second-order valence-corrected chi connectivity index (χ2v) is 47.5. The van der Waals surface area contributed by atoms with Crippen molar-refractivity contribution in [1.29, 1.82) is 0 Å². The number of carbonyl (C=O) groups is 4. The third-order valence-corrected chi connectivity index (χ3v) is 41.9. The zero-order chi connectivity index (χ0) is 94.7. The molecule has 0 unspecified atom stereocenters. The van der Waals surface area contributed by atoms with Crippen molar-refractivity contribution in [1.82, 2.24) is 69.5 Å². The van der Waals surface area contributed by atoms with Gasteiger partial charge in [0.05, 0.1) is 41.3 Å². The molecule has 8 heterocycles. The molecule has 30 heteroatoms. The van der Waals surface area contributed by atoms with Gasteiger partial charge in [0.1, 0.15) is 76.2 Å². The predicted octanol–water partition coefficient (Wildman–Crippen LogP) is 19.9. The molecule has 0 amide bonds. The Kier molecular flexibility index (Phi) is 25.3. The number of aliphatic hydroxyl groups is 4. The average molecular weight is 1890 g/mol. The van der Waals surface area contributed by atoms with Gasteiger partial charge in [-0.2, -0.15) is 25.2 Å². The highest BCUT2D eigenvalue weighted by atomic mass is 19.3. The Balaban J connectivity index is 0.000000108. The Morgan fingerprint density at radius 1 is 0.324 bits per heavy atom. The largest absolute Gasteiger partial charge is 0.384 e. The molecule has 0 aliphatic heterocycles. The summed E-state index contributed by atoms with van der Waals surface area (Å²) in [5.41, 5.74) is -0.679. The molecule has 32 atom stereocenters. The lowest BCUT2D eigenvalue weighted by atomic mass is 9.49. The number of aromatic nitrogens is 14. The molecule has 16 aliphatic rings. The first-order valence-electron chi connectivity index (χ1n) is 52.1. The molecule has 136 heavy (non-hydrogen) atoms. The van der Waals surface area contributed by atoms with Crippen molar-refractivity contribution in [3.8, 4) is 0 Å². The van der Waals surface area contributed by atoms with E-state index in [1.54, 1.807) is 69.7 Å². The van der Waals surface area contributed by atoms with Crippen molar-refractivity contribution in [3.05, 3.63) is 86.0 Å². The number of alkyl halides is 8. The molecule has 0 bridgehead atoms. The molecule has 22 nitrogen and oxygen atoms in total. The highest BCUT2D eigenvalue weighted by Gasteiger charge is 2.66. The number of rotatable bonds is 16. The summed E-state index contributed by atoms with van der Waals surface area (Å²) >= 11 is 0. The maximum absolute atomic E-state index is 13.6. The van der Waals surface area contributed by atoms with Crippen LogP contribution in [0.5, 0.6) is 0 Å². The molecule has 0 radical (unpaired) electrons. The predicted molar refractivity (Wildman–Crippen MR) is 492 cm³/mol. The van der Waals surface area contributed by atoms with E-state index in [4.69, 9.17) is 0 Å². The highest BCUT2D eigenvalue weighted by molar-refractivity contribution is 5.86. The van der Waals surface area contributed by atoms with Crippen LogP contribution in [0.3, 0.4) is 0 Å². The summed E-state index contributed by atoms with van der Waals surface area (Å²) < 4.78 is 113. The van der Waals surface area contributed by atoms with Crippen LogP contribution in [0, 0.1) is 164 Å². The maximum atomic E-state index is 13.6. The summed E-state index contributed by atoms with van der Waals surface area (Å²) in [5.74, 6) is 10.6. The first-order chi connectivity index (χ1) is 65.2. The van der Waals surface area contributed by atoms with Gasteiger partial charge in [-0.25, -0.2) is 39.8 Å². The Morgan fingerprint density at radius 3 is 0.978 bits per heavy atom. The van der Waals surface area contributed by atoms with Gasteiger partial charge in [-0.1, -0.05) is 32.9 Å². The summed E-state index contributed by atoms with van der Waals surface area (Å²) in [6.07, 6.45) is 32.3. The molecular weight excluding hydrogens is 1750 g/mol. The minimum absolute atomic E-state index is 0.00139. The Morgan fingerprint density at radius 2 is 0.632 bits per heavy atom. The van der Waals surface area contributed by atoms with Gasteiger partial charge in [-0.3, -0.25) is 48.5 Å². The smallest absolute Gasteiger partial charge is 0.266 e. The zero-order valence-corrected chi connectivity index (χ0v) is 79.2. The first-order valence-corrected chi connectivity index (χ1v) is 52.1. The molecule has 8 aromatic heterocycles. The highest BCUT2D eigenvalue weighted by Crippen LogP contribution is 2.71. The molecule has 4 N–H and O–H groups in total. The van der Waals surface area contributed by atoms with E-state index in [-0.39, 0.29) is 157 Å². The molecule has 0 saturated heterocycles. The third kappa shape index (κ3) is 16.4. The lowest BCUT2D eigenvalue weighted by Crippen LogP contribution is -2.53. The fraction of sp³-hybridized carbons (Fsp3) is 0.755. The Hall–Kier alpha value is -7.70. The van der Waals surface area contributed by atoms with Crippen molar-refractivity contribution < 1.29 is 74.7 Å². The number of ketones is 4. The van der Waals surface area contributed by atoms with Crippen molar-refractivity contribution in [2.24, 2.45) is 164 Å². The van der Waals surface area contributed by atoms with Crippen LogP contribution in [0.4, 0.5) is 35.1 Å².